The van der Waals surface area contributed by atoms with Gasteiger partial charge in [-0.15, -0.1) is 0 Å². The number of aromatic nitrogens is 2. The van der Waals surface area contributed by atoms with Crippen LogP contribution in [0.2, 0.25) is 0 Å². The number of ether oxygens (including phenoxy) is 2. The van der Waals surface area contributed by atoms with Crippen LogP contribution in [0, 0.1) is 11.7 Å². The summed E-state index contributed by atoms with van der Waals surface area (Å²) in [4.78, 5) is 26.2. The molecule has 0 aliphatic carbocycles. The largest absolute Gasteiger partial charge is 0.459 e. The average Bonchev–Trinajstić information content (AvgIpc) is 2.61. The summed E-state index contributed by atoms with van der Waals surface area (Å²) >= 11 is 0. The molecule has 2 N–H and O–H groups in total. The Bertz CT molecular complexity index is 589. The smallest absolute Gasteiger partial charge is 0.351 e. The lowest BCUT2D eigenvalue weighted by atomic mass is 10.0. The average molecular weight is 285 g/mol. The predicted molar refractivity (Wildman–Crippen MR) is 67.2 cm³/mol. The fourth-order valence-corrected chi connectivity index (χ4v) is 2.36. The first-order valence-corrected chi connectivity index (χ1v) is 6.18. The third-order valence-corrected chi connectivity index (χ3v) is 3.30. The van der Waals surface area contributed by atoms with E-state index in [1.165, 1.54) is 6.92 Å². The predicted octanol–water partition coefficient (Wildman–Crippen LogP) is 0.450. The fraction of sp³-hybridized carbons (Fsp3) is 0.583. The standard InChI is InChI=1S/C12H16FN3O4/c1-5-9(20-7(3)17)6(2)19-11(5)16-4-8(13)10(14)15-12(16)18/h4-6,9,11H,1-3H3,(H2,14,15,18). The van der Waals surface area contributed by atoms with Gasteiger partial charge >= 0.3 is 11.7 Å². The van der Waals surface area contributed by atoms with E-state index in [2.05, 4.69) is 4.98 Å². The first-order chi connectivity index (χ1) is 9.31. The number of carbonyl (C=O) groups excluding carboxylic acids is 1. The summed E-state index contributed by atoms with van der Waals surface area (Å²) in [6.45, 7) is 4.77. The van der Waals surface area contributed by atoms with E-state index in [1.807, 2.05) is 0 Å². The minimum Gasteiger partial charge on any atom is -0.459 e. The molecule has 0 aromatic carbocycles. The van der Waals surface area contributed by atoms with Crippen molar-refractivity contribution in [2.45, 2.75) is 39.2 Å². The Labute approximate surface area is 114 Å². The molecule has 4 unspecified atom stereocenters. The van der Waals surface area contributed by atoms with Crippen LogP contribution in [0.5, 0.6) is 0 Å². The SMILES string of the molecule is CC(=O)OC1C(C)OC(n2cc(F)c(N)nc2=O)C1C. The van der Waals surface area contributed by atoms with E-state index in [1.54, 1.807) is 13.8 Å². The molecule has 0 amide bonds. The maximum absolute atomic E-state index is 13.5. The van der Waals surface area contributed by atoms with Gasteiger partial charge in [0.15, 0.2) is 11.6 Å². The van der Waals surface area contributed by atoms with Crippen molar-refractivity contribution in [1.82, 2.24) is 9.55 Å². The molecule has 2 heterocycles. The van der Waals surface area contributed by atoms with Crippen LogP contribution in [0.4, 0.5) is 10.2 Å². The van der Waals surface area contributed by atoms with Crippen LogP contribution >= 0.6 is 0 Å². The zero-order chi connectivity index (χ0) is 15.0. The number of rotatable bonds is 2. The van der Waals surface area contributed by atoms with Crippen molar-refractivity contribution < 1.29 is 18.7 Å². The molecule has 1 aromatic heterocycles. The topological polar surface area (TPSA) is 96.4 Å². The van der Waals surface area contributed by atoms with Gasteiger partial charge in [-0.1, -0.05) is 6.92 Å². The molecule has 0 saturated carbocycles. The van der Waals surface area contributed by atoms with Crippen LogP contribution in [0.1, 0.15) is 27.0 Å². The highest BCUT2D eigenvalue weighted by atomic mass is 19.1. The van der Waals surface area contributed by atoms with Crippen LogP contribution in [0.15, 0.2) is 11.0 Å². The van der Waals surface area contributed by atoms with E-state index in [0.717, 1.165) is 10.8 Å². The van der Waals surface area contributed by atoms with Crippen molar-refractivity contribution in [3.05, 3.63) is 22.5 Å². The number of anilines is 1. The molecular weight excluding hydrogens is 269 g/mol. The molecule has 7 nitrogen and oxygen atoms in total. The summed E-state index contributed by atoms with van der Waals surface area (Å²) in [5, 5.41) is 0. The lowest BCUT2D eigenvalue weighted by molar-refractivity contribution is -0.150. The maximum Gasteiger partial charge on any atom is 0.351 e. The molecule has 0 spiro atoms. The Morgan fingerprint density at radius 2 is 2.20 bits per heavy atom. The quantitative estimate of drug-likeness (QED) is 0.792. The zero-order valence-corrected chi connectivity index (χ0v) is 11.4. The number of halogens is 1. The van der Waals surface area contributed by atoms with Crippen molar-refractivity contribution in [3.63, 3.8) is 0 Å². The van der Waals surface area contributed by atoms with E-state index < -0.39 is 41.7 Å². The Hall–Kier alpha value is -1.96. The molecule has 0 radical (unpaired) electrons. The summed E-state index contributed by atoms with van der Waals surface area (Å²) in [6.07, 6.45) is -0.727. The number of nitrogens with zero attached hydrogens (tertiary/aromatic N) is 2. The minimum absolute atomic E-state index is 0.323. The molecule has 1 saturated heterocycles. The second-order valence-corrected chi connectivity index (χ2v) is 4.83. The lowest BCUT2D eigenvalue weighted by Gasteiger charge is -2.20. The van der Waals surface area contributed by atoms with Gasteiger partial charge in [-0.2, -0.15) is 4.98 Å². The molecule has 1 aromatic rings. The second kappa shape index (κ2) is 5.20. The fourth-order valence-electron chi connectivity index (χ4n) is 2.36. The number of nitrogens with two attached hydrogens (primary N) is 1. The zero-order valence-electron chi connectivity index (χ0n) is 11.4. The van der Waals surface area contributed by atoms with E-state index >= 15 is 0 Å². The number of esters is 1. The Kier molecular flexibility index (Phi) is 3.76. The van der Waals surface area contributed by atoms with Gasteiger partial charge in [0.2, 0.25) is 0 Å². The molecule has 4 atom stereocenters. The van der Waals surface area contributed by atoms with Gasteiger partial charge in [-0.3, -0.25) is 9.36 Å². The summed E-state index contributed by atoms with van der Waals surface area (Å²) in [6, 6.07) is 0. The number of nitrogen functional groups attached to an aromatic ring is 1. The van der Waals surface area contributed by atoms with Crippen molar-refractivity contribution >= 4 is 11.8 Å². The highest BCUT2D eigenvalue weighted by Crippen LogP contribution is 2.35. The molecule has 20 heavy (non-hydrogen) atoms. The van der Waals surface area contributed by atoms with Gasteiger partial charge in [0.1, 0.15) is 12.3 Å². The molecule has 2 rings (SSSR count). The van der Waals surface area contributed by atoms with E-state index in [-0.39, 0.29) is 5.92 Å². The first-order valence-electron chi connectivity index (χ1n) is 6.18. The summed E-state index contributed by atoms with van der Waals surface area (Å²) in [7, 11) is 0. The summed E-state index contributed by atoms with van der Waals surface area (Å²) in [5.41, 5.74) is 4.52. The summed E-state index contributed by atoms with van der Waals surface area (Å²) in [5.74, 6) is -2.02. The van der Waals surface area contributed by atoms with Crippen LogP contribution in [-0.4, -0.2) is 27.7 Å². The van der Waals surface area contributed by atoms with Gasteiger partial charge < -0.3 is 15.2 Å². The van der Waals surface area contributed by atoms with Crippen molar-refractivity contribution in [1.29, 1.82) is 0 Å². The van der Waals surface area contributed by atoms with Gasteiger partial charge in [-0.25, -0.2) is 9.18 Å². The van der Waals surface area contributed by atoms with Gasteiger partial charge in [0.25, 0.3) is 0 Å². The van der Waals surface area contributed by atoms with E-state index in [4.69, 9.17) is 15.2 Å². The molecule has 1 fully saturated rings. The van der Waals surface area contributed by atoms with Crippen molar-refractivity contribution in [3.8, 4) is 0 Å². The molecular formula is C12H16FN3O4. The van der Waals surface area contributed by atoms with Crippen molar-refractivity contribution in [2.75, 3.05) is 5.73 Å². The van der Waals surface area contributed by atoms with Gasteiger partial charge in [-0.05, 0) is 6.92 Å². The second-order valence-electron chi connectivity index (χ2n) is 4.83. The monoisotopic (exact) mass is 285 g/mol. The Morgan fingerprint density at radius 1 is 1.55 bits per heavy atom. The summed E-state index contributed by atoms with van der Waals surface area (Å²) < 4.78 is 25.2. The minimum atomic E-state index is -0.802. The first kappa shape index (κ1) is 14.4. The third-order valence-electron chi connectivity index (χ3n) is 3.30. The number of hydrogen-bond donors (Lipinski definition) is 1. The third kappa shape index (κ3) is 2.51. The van der Waals surface area contributed by atoms with Crippen molar-refractivity contribution in [2.24, 2.45) is 5.92 Å². The maximum atomic E-state index is 13.5. The van der Waals surface area contributed by atoms with Crippen LogP contribution < -0.4 is 11.4 Å². The highest BCUT2D eigenvalue weighted by molar-refractivity contribution is 5.66. The van der Waals surface area contributed by atoms with Crippen LogP contribution in [0.25, 0.3) is 0 Å². The molecule has 8 heteroatoms. The highest BCUT2D eigenvalue weighted by Gasteiger charge is 2.43. The Balaban J connectivity index is 2.33. The Morgan fingerprint density at radius 3 is 2.80 bits per heavy atom. The van der Waals surface area contributed by atoms with Crippen LogP contribution in [0.3, 0.4) is 0 Å². The van der Waals surface area contributed by atoms with E-state index in [9.17, 15) is 14.0 Å². The van der Waals surface area contributed by atoms with E-state index in [0.29, 0.717) is 0 Å². The molecule has 0 bridgehead atoms. The number of hydrogen-bond acceptors (Lipinski definition) is 6. The molecule has 1 aliphatic heterocycles. The lowest BCUT2D eigenvalue weighted by Crippen LogP contribution is -2.33. The normalized spacial score (nSPS) is 29.4. The molecule has 110 valence electrons. The van der Waals surface area contributed by atoms with Gasteiger partial charge in [0.05, 0.1) is 12.3 Å². The molecule has 1 aliphatic rings. The van der Waals surface area contributed by atoms with Gasteiger partial charge in [0, 0.05) is 12.8 Å². The van der Waals surface area contributed by atoms with Crippen LogP contribution in [-0.2, 0) is 14.3 Å². The number of carbonyl (C=O) groups is 1.